The number of hydrogen-bond donors (Lipinski definition) is 1. The number of pyridine rings is 1. The molecule has 0 aliphatic rings. The van der Waals surface area contributed by atoms with Crippen LogP contribution in [0.25, 0.3) is 10.9 Å². The zero-order valence-electron chi connectivity index (χ0n) is 13.6. The quantitative estimate of drug-likeness (QED) is 0.745. The molecule has 4 nitrogen and oxygen atoms in total. The van der Waals surface area contributed by atoms with E-state index in [1.165, 1.54) is 12.1 Å². The van der Waals surface area contributed by atoms with Gasteiger partial charge in [0, 0.05) is 23.7 Å². The molecule has 134 valence electrons. The van der Waals surface area contributed by atoms with E-state index in [1.807, 2.05) is 30.3 Å². The smallest absolute Gasteiger partial charge is 0.406 e. The molecule has 0 radical (unpaired) electrons. The molecule has 1 aromatic heterocycles. The van der Waals surface area contributed by atoms with Gasteiger partial charge in [-0.1, -0.05) is 18.2 Å². The van der Waals surface area contributed by atoms with Gasteiger partial charge < -0.3 is 10.1 Å². The molecule has 0 saturated heterocycles. The average molecular weight is 360 g/mol. The Bertz CT molecular complexity index is 903. The van der Waals surface area contributed by atoms with Gasteiger partial charge in [-0.05, 0) is 48.4 Å². The van der Waals surface area contributed by atoms with E-state index in [2.05, 4.69) is 15.0 Å². The van der Waals surface area contributed by atoms with Crippen molar-refractivity contribution in [2.75, 3.05) is 6.54 Å². The fraction of sp³-hybridized carbons (Fsp3) is 0.158. The van der Waals surface area contributed by atoms with Crippen molar-refractivity contribution in [2.24, 2.45) is 0 Å². The maximum atomic E-state index is 12.1. The standard InChI is InChI=1S/C19H15F3N2O2/c20-19(21,22)26-15-7-5-14(6-8-15)18(25)24-12-10-13-9-11-23-17-4-2-1-3-16(13)17/h1-9,11H,10,12H2,(H,24,25). The number of aromatic nitrogens is 1. The number of amides is 1. The molecular formula is C19H15F3N2O2. The fourth-order valence-electron chi connectivity index (χ4n) is 2.59. The highest BCUT2D eigenvalue weighted by Crippen LogP contribution is 2.22. The molecule has 0 unspecified atom stereocenters. The van der Waals surface area contributed by atoms with E-state index in [0.717, 1.165) is 28.6 Å². The maximum absolute atomic E-state index is 12.1. The predicted octanol–water partition coefficient (Wildman–Crippen LogP) is 4.11. The van der Waals surface area contributed by atoms with Crippen LogP contribution >= 0.6 is 0 Å². The highest BCUT2D eigenvalue weighted by atomic mass is 19.4. The topological polar surface area (TPSA) is 51.2 Å². The molecule has 7 heteroatoms. The maximum Gasteiger partial charge on any atom is 0.573 e. The van der Waals surface area contributed by atoms with Crippen molar-refractivity contribution >= 4 is 16.8 Å². The Kier molecular flexibility index (Phi) is 5.06. The molecule has 0 spiro atoms. The van der Waals surface area contributed by atoms with E-state index in [9.17, 15) is 18.0 Å². The van der Waals surface area contributed by atoms with Crippen molar-refractivity contribution in [1.29, 1.82) is 0 Å². The number of halogens is 3. The molecular weight excluding hydrogens is 345 g/mol. The second-order valence-corrected chi connectivity index (χ2v) is 5.57. The number of benzene rings is 2. The van der Waals surface area contributed by atoms with E-state index in [0.29, 0.717) is 13.0 Å². The van der Waals surface area contributed by atoms with Gasteiger partial charge in [0.05, 0.1) is 5.52 Å². The van der Waals surface area contributed by atoms with Crippen molar-refractivity contribution < 1.29 is 22.7 Å². The van der Waals surface area contributed by atoms with Gasteiger partial charge in [-0.15, -0.1) is 13.2 Å². The number of nitrogens with one attached hydrogen (secondary N) is 1. The molecule has 0 atom stereocenters. The molecule has 0 aliphatic carbocycles. The molecule has 1 heterocycles. The SMILES string of the molecule is O=C(NCCc1ccnc2ccccc12)c1ccc(OC(F)(F)F)cc1. The second-order valence-electron chi connectivity index (χ2n) is 5.57. The summed E-state index contributed by atoms with van der Waals surface area (Å²) in [7, 11) is 0. The summed E-state index contributed by atoms with van der Waals surface area (Å²) < 4.78 is 40.2. The number of carbonyl (C=O) groups excluding carboxylic acids is 1. The Hall–Kier alpha value is -3.09. The lowest BCUT2D eigenvalue weighted by molar-refractivity contribution is -0.274. The Morgan fingerprint density at radius 3 is 2.50 bits per heavy atom. The molecule has 2 aromatic carbocycles. The Balaban J connectivity index is 1.58. The molecule has 0 aliphatic heterocycles. The highest BCUT2D eigenvalue weighted by Gasteiger charge is 2.31. The number of hydrogen-bond acceptors (Lipinski definition) is 3. The third-order valence-electron chi connectivity index (χ3n) is 3.77. The van der Waals surface area contributed by atoms with Gasteiger partial charge in [0.15, 0.2) is 0 Å². The lowest BCUT2D eigenvalue weighted by Crippen LogP contribution is -2.25. The first-order valence-corrected chi connectivity index (χ1v) is 7.89. The van der Waals surface area contributed by atoms with Crippen LogP contribution in [0.2, 0.25) is 0 Å². The minimum atomic E-state index is -4.75. The van der Waals surface area contributed by atoms with Crippen molar-refractivity contribution in [3.05, 3.63) is 71.9 Å². The highest BCUT2D eigenvalue weighted by molar-refractivity contribution is 5.94. The first kappa shape index (κ1) is 17.7. The summed E-state index contributed by atoms with van der Waals surface area (Å²) in [5.41, 5.74) is 2.21. The van der Waals surface area contributed by atoms with Crippen LogP contribution in [-0.4, -0.2) is 23.8 Å². The van der Waals surface area contributed by atoms with E-state index < -0.39 is 6.36 Å². The van der Waals surface area contributed by atoms with Crippen molar-refractivity contribution in [3.8, 4) is 5.75 Å². The molecule has 3 rings (SSSR count). The van der Waals surface area contributed by atoms with Gasteiger partial charge in [-0.2, -0.15) is 0 Å². The molecule has 0 bridgehead atoms. The largest absolute Gasteiger partial charge is 0.573 e. The number of ether oxygens (including phenoxy) is 1. The number of rotatable bonds is 5. The fourth-order valence-corrected chi connectivity index (χ4v) is 2.59. The van der Waals surface area contributed by atoms with E-state index >= 15 is 0 Å². The number of carbonyl (C=O) groups is 1. The Morgan fingerprint density at radius 1 is 1.04 bits per heavy atom. The van der Waals surface area contributed by atoms with Gasteiger partial charge in [0.2, 0.25) is 0 Å². The van der Waals surface area contributed by atoms with Crippen molar-refractivity contribution in [2.45, 2.75) is 12.8 Å². The molecule has 1 amide bonds. The van der Waals surface area contributed by atoms with E-state index in [1.54, 1.807) is 6.20 Å². The Labute approximate surface area is 147 Å². The number of fused-ring (bicyclic) bond motifs is 1. The zero-order chi connectivity index (χ0) is 18.6. The van der Waals surface area contributed by atoms with Crippen LogP contribution in [0.5, 0.6) is 5.75 Å². The van der Waals surface area contributed by atoms with E-state index in [4.69, 9.17) is 0 Å². The monoisotopic (exact) mass is 360 g/mol. The summed E-state index contributed by atoms with van der Waals surface area (Å²) in [5.74, 6) is -0.723. The van der Waals surface area contributed by atoms with Gasteiger partial charge in [0.25, 0.3) is 5.91 Å². The van der Waals surface area contributed by atoms with Crippen LogP contribution in [0.3, 0.4) is 0 Å². The zero-order valence-corrected chi connectivity index (χ0v) is 13.6. The molecule has 0 fully saturated rings. The summed E-state index contributed by atoms with van der Waals surface area (Å²) in [6, 6.07) is 14.4. The summed E-state index contributed by atoms with van der Waals surface area (Å²) in [6.07, 6.45) is -2.42. The molecule has 26 heavy (non-hydrogen) atoms. The average Bonchev–Trinajstić information content (AvgIpc) is 2.61. The van der Waals surface area contributed by atoms with Gasteiger partial charge in [-0.25, -0.2) is 0 Å². The summed E-state index contributed by atoms with van der Waals surface area (Å²) in [6.45, 7) is 0.396. The third-order valence-corrected chi connectivity index (χ3v) is 3.77. The first-order chi connectivity index (χ1) is 12.4. The van der Waals surface area contributed by atoms with Crippen LogP contribution in [0.15, 0.2) is 60.8 Å². The summed E-state index contributed by atoms with van der Waals surface area (Å²) in [5, 5.41) is 3.78. The second kappa shape index (κ2) is 7.43. The minimum Gasteiger partial charge on any atom is -0.406 e. The molecule has 1 N–H and O–H groups in total. The van der Waals surface area contributed by atoms with Crippen LogP contribution in [0.4, 0.5) is 13.2 Å². The van der Waals surface area contributed by atoms with Gasteiger partial charge in [0.1, 0.15) is 5.75 Å². The Morgan fingerprint density at radius 2 is 1.77 bits per heavy atom. The van der Waals surface area contributed by atoms with Gasteiger partial charge in [-0.3, -0.25) is 9.78 Å². The summed E-state index contributed by atoms with van der Waals surface area (Å²) >= 11 is 0. The van der Waals surface area contributed by atoms with Crippen LogP contribution in [0.1, 0.15) is 15.9 Å². The first-order valence-electron chi connectivity index (χ1n) is 7.89. The van der Waals surface area contributed by atoms with Gasteiger partial charge >= 0.3 is 6.36 Å². The number of para-hydroxylation sites is 1. The number of alkyl halides is 3. The van der Waals surface area contributed by atoms with Crippen molar-refractivity contribution in [3.63, 3.8) is 0 Å². The molecule has 3 aromatic rings. The van der Waals surface area contributed by atoms with E-state index in [-0.39, 0.29) is 17.2 Å². The predicted molar refractivity (Wildman–Crippen MR) is 90.9 cm³/mol. The lowest BCUT2D eigenvalue weighted by atomic mass is 10.1. The van der Waals surface area contributed by atoms with Crippen LogP contribution < -0.4 is 10.1 Å². The van der Waals surface area contributed by atoms with Crippen LogP contribution in [0, 0.1) is 0 Å². The third kappa shape index (κ3) is 4.50. The lowest BCUT2D eigenvalue weighted by Gasteiger charge is -2.10. The number of nitrogens with zero attached hydrogens (tertiary/aromatic N) is 1. The van der Waals surface area contributed by atoms with Crippen molar-refractivity contribution in [1.82, 2.24) is 10.3 Å². The minimum absolute atomic E-state index is 0.263. The van der Waals surface area contributed by atoms with Crippen LogP contribution in [-0.2, 0) is 6.42 Å². The summed E-state index contributed by atoms with van der Waals surface area (Å²) in [4.78, 5) is 16.4. The molecule has 0 saturated carbocycles. The normalized spacial score (nSPS) is 11.3.